The topological polar surface area (TPSA) is 80.3 Å². The maximum Gasteiger partial charge on any atom is 0.262 e. The SMILES string of the molecule is CCCC(=O)Nc1nc2ccc(NC(=O)COc3ccc(Cl)cc3Cl)cc2s1. The highest BCUT2D eigenvalue weighted by atomic mass is 35.5. The number of carbonyl (C=O) groups excluding carboxylic acids is 2. The molecular weight excluding hydrogens is 421 g/mol. The summed E-state index contributed by atoms with van der Waals surface area (Å²) in [7, 11) is 0. The number of aromatic nitrogens is 1. The number of nitrogens with one attached hydrogen (secondary N) is 2. The van der Waals surface area contributed by atoms with Crippen LogP contribution in [0.1, 0.15) is 19.8 Å². The van der Waals surface area contributed by atoms with Crippen molar-refractivity contribution in [2.24, 2.45) is 0 Å². The average Bonchev–Trinajstić information content (AvgIpc) is 3.02. The van der Waals surface area contributed by atoms with Gasteiger partial charge in [-0.25, -0.2) is 4.98 Å². The van der Waals surface area contributed by atoms with Crippen molar-refractivity contribution in [3.63, 3.8) is 0 Å². The van der Waals surface area contributed by atoms with Gasteiger partial charge in [-0.15, -0.1) is 0 Å². The minimum atomic E-state index is -0.327. The molecule has 146 valence electrons. The van der Waals surface area contributed by atoms with Gasteiger partial charge < -0.3 is 15.4 Å². The van der Waals surface area contributed by atoms with Crippen LogP contribution in [-0.4, -0.2) is 23.4 Å². The predicted molar refractivity (Wildman–Crippen MR) is 114 cm³/mol. The second-order valence-corrected chi connectivity index (χ2v) is 7.79. The van der Waals surface area contributed by atoms with E-state index in [4.69, 9.17) is 27.9 Å². The third-order valence-electron chi connectivity index (χ3n) is 3.65. The van der Waals surface area contributed by atoms with Gasteiger partial charge in [-0.05, 0) is 42.8 Å². The van der Waals surface area contributed by atoms with Crippen LogP contribution < -0.4 is 15.4 Å². The van der Waals surface area contributed by atoms with Crippen molar-refractivity contribution >= 4 is 67.4 Å². The number of fused-ring (bicyclic) bond motifs is 1. The number of halogens is 2. The summed E-state index contributed by atoms with van der Waals surface area (Å²) in [6.07, 6.45) is 1.23. The van der Waals surface area contributed by atoms with Gasteiger partial charge in [0.2, 0.25) is 5.91 Å². The molecule has 3 aromatic rings. The van der Waals surface area contributed by atoms with E-state index in [-0.39, 0.29) is 18.4 Å². The summed E-state index contributed by atoms with van der Waals surface area (Å²) in [5.74, 6) is -0.00830. The van der Waals surface area contributed by atoms with Crippen LogP contribution in [-0.2, 0) is 9.59 Å². The summed E-state index contributed by atoms with van der Waals surface area (Å²) in [6, 6.07) is 10.1. The molecule has 0 aliphatic rings. The highest BCUT2D eigenvalue weighted by molar-refractivity contribution is 7.22. The molecule has 0 saturated carbocycles. The normalized spacial score (nSPS) is 10.7. The first-order chi connectivity index (χ1) is 13.4. The van der Waals surface area contributed by atoms with E-state index in [1.807, 2.05) is 6.92 Å². The third-order valence-corrected chi connectivity index (χ3v) is 5.11. The molecule has 0 aliphatic heterocycles. The van der Waals surface area contributed by atoms with Gasteiger partial charge in [-0.3, -0.25) is 9.59 Å². The molecular formula is C19H17Cl2N3O3S. The molecule has 28 heavy (non-hydrogen) atoms. The van der Waals surface area contributed by atoms with Crippen molar-refractivity contribution in [3.8, 4) is 5.75 Å². The summed E-state index contributed by atoms with van der Waals surface area (Å²) in [4.78, 5) is 28.2. The highest BCUT2D eigenvalue weighted by Gasteiger charge is 2.10. The van der Waals surface area contributed by atoms with Crippen LogP contribution >= 0.6 is 34.5 Å². The molecule has 2 aromatic carbocycles. The van der Waals surface area contributed by atoms with Crippen molar-refractivity contribution in [3.05, 3.63) is 46.4 Å². The number of hydrogen-bond acceptors (Lipinski definition) is 5. The molecule has 0 atom stereocenters. The standard InChI is InChI=1S/C19H17Cl2N3O3S/c1-2-3-17(25)24-19-23-14-6-5-12(9-16(14)28-19)22-18(26)10-27-15-7-4-11(20)8-13(15)21/h4-9H,2-3,10H2,1H3,(H,22,26)(H,23,24,25). The fourth-order valence-corrected chi connectivity index (χ4v) is 3.78. The van der Waals surface area contributed by atoms with Gasteiger partial charge in [-0.2, -0.15) is 0 Å². The van der Waals surface area contributed by atoms with E-state index < -0.39 is 0 Å². The molecule has 1 aromatic heterocycles. The Morgan fingerprint density at radius 1 is 1.11 bits per heavy atom. The lowest BCUT2D eigenvalue weighted by molar-refractivity contribution is -0.118. The minimum Gasteiger partial charge on any atom is -0.482 e. The van der Waals surface area contributed by atoms with E-state index in [1.165, 1.54) is 11.3 Å². The number of benzene rings is 2. The summed E-state index contributed by atoms with van der Waals surface area (Å²) in [5, 5.41) is 6.91. The second-order valence-electron chi connectivity index (χ2n) is 5.91. The van der Waals surface area contributed by atoms with Crippen LogP contribution in [0.25, 0.3) is 10.2 Å². The number of carbonyl (C=O) groups is 2. The molecule has 0 spiro atoms. The highest BCUT2D eigenvalue weighted by Crippen LogP contribution is 2.29. The average molecular weight is 438 g/mol. The Bertz CT molecular complexity index is 1020. The number of anilines is 2. The van der Waals surface area contributed by atoms with Gasteiger partial charge in [0.15, 0.2) is 11.7 Å². The van der Waals surface area contributed by atoms with Crippen LogP contribution in [0.2, 0.25) is 10.0 Å². The summed E-state index contributed by atoms with van der Waals surface area (Å²) in [5.41, 5.74) is 1.36. The number of ether oxygens (including phenoxy) is 1. The Hall–Kier alpha value is -2.35. The van der Waals surface area contributed by atoms with E-state index in [9.17, 15) is 9.59 Å². The van der Waals surface area contributed by atoms with Gasteiger partial charge in [-0.1, -0.05) is 41.5 Å². The summed E-state index contributed by atoms with van der Waals surface area (Å²) in [6.45, 7) is 1.75. The zero-order chi connectivity index (χ0) is 20.1. The van der Waals surface area contributed by atoms with Crippen LogP contribution in [0.15, 0.2) is 36.4 Å². The molecule has 0 bridgehead atoms. The zero-order valence-electron chi connectivity index (χ0n) is 14.9. The van der Waals surface area contributed by atoms with Crippen molar-refractivity contribution in [1.82, 2.24) is 4.98 Å². The molecule has 2 amide bonds. The Labute approximate surface area is 175 Å². The molecule has 1 heterocycles. The van der Waals surface area contributed by atoms with Gasteiger partial charge in [0.1, 0.15) is 5.75 Å². The summed E-state index contributed by atoms with van der Waals surface area (Å²) >= 11 is 13.2. The van der Waals surface area contributed by atoms with E-state index >= 15 is 0 Å². The molecule has 0 unspecified atom stereocenters. The molecule has 6 nitrogen and oxygen atoms in total. The van der Waals surface area contributed by atoms with Crippen LogP contribution in [0, 0.1) is 0 Å². The first-order valence-corrected chi connectivity index (χ1v) is 10.1. The molecule has 9 heteroatoms. The fourth-order valence-electron chi connectivity index (χ4n) is 2.40. The molecule has 0 fully saturated rings. The lowest BCUT2D eigenvalue weighted by Crippen LogP contribution is -2.20. The first-order valence-electron chi connectivity index (χ1n) is 8.52. The molecule has 0 radical (unpaired) electrons. The van der Waals surface area contributed by atoms with E-state index in [1.54, 1.807) is 36.4 Å². The largest absolute Gasteiger partial charge is 0.482 e. The third kappa shape index (κ3) is 5.34. The molecule has 0 aliphatic carbocycles. The number of nitrogens with zero attached hydrogens (tertiary/aromatic N) is 1. The van der Waals surface area contributed by atoms with E-state index in [2.05, 4.69) is 15.6 Å². The lowest BCUT2D eigenvalue weighted by Gasteiger charge is -2.09. The molecule has 0 saturated heterocycles. The van der Waals surface area contributed by atoms with E-state index in [0.717, 1.165) is 16.6 Å². The van der Waals surface area contributed by atoms with Crippen molar-refractivity contribution in [2.75, 3.05) is 17.2 Å². The first kappa shape index (κ1) is 20.4. The fraction of sp³-hybridized carbons (Fsp3) is 0.211. The number of amides is 2. The number of hydrogen-bond donors (Lipinski definition) is 2. The smallest absolute Gasteiger partial charge is 0.262 e. The maximum atomic E-state index is 12.1. The quantitative estimate of drug-likeness (QED) is 0.521. The zero-order valence-corrected chi connectivity index (χ0v) is 17.2. The number of thiazole rings is 1. The van der Waals surface area contributed by atoms with Crippen LogP contribution in [0.5, 0.6) is 5.75 Å². The Morgan fingerprint density at radius 2 is 1.93 bits per heavy atom. The van der Waals surface area contributed by atoms with Gasteiger partial charge >= 0.3 is 0 Å². The Kier molecular flexibility index (Phi) is 6.72. The Morgan fingerprint density at radius 3 is 2.68 bits per heavy atom. The minimum absolute atomic E-state index is 0.0620. The monoisotopic (exact) mass is 437 g/mol. The molecule has 3 rings (SSSR count). The lowest BCUT2D eigenvalue weighted by atomic mass is 10.3. The second kappa shape index (κ2) is 9.23. The summed E-state index contributed by atoms with van der Waals surface area (Å²) < 4.78 is 6.28. The van der Waals surface area contributed by atoms with Gasteiger partial charge in [0, 0.05) is 17.1 Å². The van der Waals surface area contributed by atoms with Gasteiger partial charge in [0.05, 0.1) is 15.2 Å². The number of rotatable bonds is 7. The van der Waals surface area contributed by atoms with Crippen LogP contribution in [0.3, 0.4) is 0 Å². The van der Waals surface area contributed by atoms with Crippen LogP contribution in [0.4, 0.5) is 10.8 Å². The van der Waals surface area contributed by atoms with E-state index in [0.29, 0.717) is 33.0 Å². The Balaban J connectivity index is 1.61. The van der Waals surface area contributed by atoms with Gasteiger partial charge in [0.25, 0.3) is 5.91 Å². The predicted octanol–water partition coefficient (Wildman–Crippen LogP) is 5.36. The van der Waals surface area contributed by atoms with Crippen molar-refractivity contribution in [2.45, 2.75) is 19.8 Å². The maximum absolute atomic E-state index is 12.1. The van der Waals surface area contributed by atoms with Crippen molar-refractivity contribution in [1.29, 1.82) is 0 Å². The van der Waals surface area contributed by atoms with Crippen molar-refractivity contribution < 1.29 is 14.3 Å². The molecule has 2 N–H and O–H groups in total.